The maximum Gasteiger partial charge on any atom is 0.260 e. The fraction of sp³-hybridized carbons (Fsp3) is 0.350. The molecular weight excluding hydrogens is 316 g/mol. The molecule has 2 rings (SSSR count). The lowest BCUT2D eigenvalue weighted by Crippen LogP contribution is -2.34. The van der Waals surface area contributed by atoms with Crippen molar-refractivity contribution in [2.75, 3.05) is 39.3 Å². The van der Waals surface area contributed by atoms with E-state index in [9.17, 15) is 4.79 Å². The molecule has 0 N–H and O–H groups in total. The van der Waals surface area contributed by atoms with Crippen molar-refractivity contribution in [3.05, 3.63) is 54.1 Å². The van der Waals surface area contributed by atoms with Crippen LogP contribution in [0.25, 0.3) is 0 Å². The topological polar surface area (TPSA) is 42.0 Å². The zero-order valence-electron chi connectivity index (χ0n) is 15.4. The van der Waals surface area contributed by atoms with E-state index < -0.39 is 0 Å². The number of ether oxygens (including phenoxy) is 2. The molecule has 0 saturated heterocycles. The zero-order chi connectivity index (χ0) is 18.2. The summed E-state index contributed by atoms with van der Waals surface area (Å²) in [6.07, 6.45) is 0. The molecule has 0 aliphatic carbocycles. The fourth-order valence-corrected chi connectivity index (χ4v) is 2.40. The van der Waals surface area contributed by atoms with Gasteiger partial charge < -0.3 is 19.3 Å². The minimum Gasteiger partial charge on any atom is -0.497 e. The second-order valence-electron chi connectivity index (χ2n) is 5.93. The van der Waals surface area contributed by atoms with E-state index in [0.29, 0.717) is 18.8 Å². The molecular formula is C20H26N2O3. The molecule has 2 aromatic carbocycles. The van der Waals surface area contributed by atoms with Crippen LogP contribution in [0.5, 0.6) is 11.5 Å². The van der Waals surface area contributed by atoms with Gasteiger partial charge in [-0.05, 0) is 48.9 Å². The summed E-state index contributed by atoms with van der Waals surface area (Å²) in [5.74, 6) is 1.38. The van der Waals surface area contributed by atoms with Crippen LogP contribution < -0.4 is 14.4 Å². The number of nitrogens with zero attached hydrogens (tertiary/aromatic N) is 2. The van der Waals surface area contributed by atoms with Crippen molar-refractivity contribution in [2.24, 2.45) is 0 Å². The number of benzene rings is 2. The van der Waals surface area contributed by atoms with E-state index in [1.165, 1.54) is 0 Å². The average Bonchev–Trinajstić information content (AvgIpc) is 2.64. The lowest BCUT2D eigenvalue weighted by Gasteiger charge is -2.22. The second kappa shape index (κ2) is 8.97. The van der Waals surface area contributed by atoms with Crippen LogP contribution in [0.2, 0.25) is 0 Å². The molecule has 0 aliphatic heterocycles. The Morgan fingerprint density at radius 2 is 1.56 bits per heavy atom. The van der Waals surface area contributed by atoms with Crippen molar-refractivity contribution in [3.63, 3.8) is 0 Å². The van der Waals surface area contributed by atoms with Crippen LogP contribution in [-0.2, 0) is 11.3 Å². The molecule has 0 aromatic heterocycles. The molecule has 0 fully saturated rings. The Bertz CT molecular complexity index is 666. The lowest BCUT2D eigenvalue weighted by atomic mass is 10.2. The Kier molecular flexibility index (Phi) is 6.69. The maximum absolute atomic E-state index is 12.4. The summed E-state index contributed by atoms with van der Waals surface area (Å²) in [6.45, 7) is 3.21. The van der Waals surface area contributed by atoms with Crippen molar-refractivity contribution < 1.29 is 14.3 Å². The molecule has 25 heavy (non-hydrogen) atoms. The Labute approximate surface area is 149 Å². The van der Waals surface area contributed by atoms with E-state index in [-0.39, 0.29) is 12.5 Å². The molecule has 2 aromatic rings. The van der Waals surface area contributed by atoms with Crippen molar-refractivity contribution in [1.29, 1.82) is 0 Å². The summed E-state index contributed by atoms with van der Waals surface area (Å²) in [6, 6.07) is 15.4. The summed E-state index contributed by atoms with van der Waals surface area (Å²) in [4.78, 5) is 16.3. The van der Waals surface area contributed by atoms with Crippen LogP contribution in [0.4, 0.5) is 5.69 Å². The predicted molar refractivity (Wildman–Crippen MR) is 100 cm³/mol. The van der Waals surface area contributed by atoms with Gasteiger partial charge in [-0.2, -0.15) is 0 Å². The first-order chi connectivity index (χ1) is 12.0. The highest BCUT2D eigenvalue weighted by molar-refractivity contribution is 5.77. The van der Waals surface area contributed by atoms with Gasteiger partial charge >= 0.3 is 0 Å². The van der Waals surface area contributed by atoms with Gasteiger partial charge in [0.05, 0.1) is 7.11 Å². The monoisotopic (exact) mass is 342 g/mol. The van der Waals surface area contributed by atoms with Crippen LogP contribution in [-0.4, -0.2) is 45.2 Å². The Hall–Kier alpha value is -2.69. The van der Waals surface area contributed by atoms with E-state index >= 15 is 0 Å². The van der Waals surface area contributed by atoms with Crippen molar-refractivity contribution in [3.8, 4) is 11.5 Å². The molecule has 0 heterocycles. The normalized spacial score (nSPS) is 10.2. The van der Waals surface area contributed by atoms with Crippen molar-refractivity contribution in [1.82, 2.24) is 4.90 Å². The van der Waals surface area contributed by atoms with Crippen LogP contribution >= 0.6 is 0 Å². The minimum atomic E-state index is -0.0324. The van der Waals surface area contributed by atoms with Gasteiger partial charge in [-0.1, -0.05) is 12.1 Å². The van der Waals surface area contributed by atoms with Crippen LogP contribution in [0.15, 0.2) is 48.5 Å². The number of hydrogen-bond acceptors (Lipinski definition) is 4. The summed E-state index contributed by atoms with van der Waals surface area (Å²) in [5, 5.41) is 0. The number of likely N-dealkylation sites (N-methyl/N-ethyl adjacent to an activating group) is 1. The third-order valence-electron chi connectivity index (χ3n) is 3.98. The molecule has 0 saturated carbocycles. The molecule has 0 atom stereocenters. The molecule has 5 heteroatoms. The highest BCUT2D eigenvalue weighted by Gasteiger charge is 2.13. The Morgan fingerprint density at radius 1 is 0.960 bits per heavy atom. The van der Waals surface area contributed by atoms with Gasteiger partial charge in [0.25, 0.3) is 5.91 Å². The van der Waals surface area contributed by atoms with E-state index in [0.717, 1.165) is 17.0 Å². The van der Waals surface area contributed by atoms with Crippen LogP contribution in [0.3, 0.4) is 0 Å². The van der Waals surface area contributed by atoms with Crippen molar-refractivity contribution >= 4 is 11.6 Å². The van der Waals surface area contributed by atoms with Crippen LogP contribution in [0, 0.1) is 0 Å². The summed E-state index contributed by atoms with van der Waals surface area (Å²) >= 11 is 0. The molecule has 0 aliphatic rings. The largest absolute Gasteiger partial charge is 0.497 e. The van der Waals surface area contributed by atoms with Gasteiger partial charge in [0.1, 0.15) is 11.5 Å². The van der Waals surface area contributed by atoms with E-state index in [1.54, 1.807) is 24.1 Å². The van der Waals surface area contributed by atoms with Gasteiger partial charge in [-0.15, -0.1) is 0 Å². The lowest BCUT2D eigenvalue weighted by molar-refractivity contribution is -0.133. The average molecular weight is 342 g/mol. The minimum absolute atomic E-state index is 0.0238. The molecule has 0 radical (unpaired) electrons. The maximum atomic E-state index is 12.4. The van der Waals surface area contributed by atoms with Gasteiger partial charge in [-0.3, -0.25) is 4.79 Å². The van der Waals surface area contributed by atoms with Gasteiger partial charge in [0, 0.05) is 32.9 Å². The van der Waals surface area contributed by atoms with E-state index in [4.69, 9.17) is 9.47 Å². The quantitative estimate of drug-likeness (QED) is 0.739. The number of rotatable bonds is 8. The standard InChI is InChI=1S/C20H26N2O3/c1-5-22(14-16-6-8-17(9-7-16)21(2)3)20(23)15-25-19-12-10-18(24-4)11-13-19/h6-13H,5,14-15H2,1-4H3. The zero-order valence-corrected chi connectivity index (χ0v) is 15.4. The SMILES string of the molecule is CCN(Cc1ccc(N(C)C)cc1)C(=O)COc1ccc(OC)cc1. The van der Waals surface area contributed by atoms with Crippen molar-refractivity contribution in [2.45, 2.75) is 13.5 Å². The number of carbonyl (C=O) groups excluding carboxylic acids is 1. The third-order valence-corrected chi connectivity index (χ3v) is 3.98. The van der Waals surface area contributed by atoms with Gasteiger partial charge in [0.2, 0.25) is 0 Å². The number of hydrogen-bond donors (Lipinski definition) is 0. The first-order valence-electron chi connectivity index (χ1n) is 8.34. The number of anilines is 1. The fourth-order valence-electron chi connectivity index (χ4n) is 2.40. The smallest absolute Gasteiger partial charge is 0.260 e. The van der Waals surface area contributed by atoms with Crippen LogP contribution in [0.1, 0.15) is 12.5 Å². The van der Waals surface area contributed by atoms with E-state index in [1.807, 2.05) is 33.2 Å². The number of methoxy groups -OCH3 is 1. The highest BCUT2D eigenvalue weighted by atomic mass is 16.5. The molecule has 0 spiro atoms. The van der Waals surface area contributed by atoms with Gasteiger partial charge in [-0.25, -0.2) is 0 Å². The van der Waals surface area contributed by atoms with E-state index in [2.05, 4.69) is 29.2 Å². The molecule has 1 amide bonds. The molecule has 0 bridgehead atoms. The first kappa shape index (κ1) is 18.6. The summed E-state index contributed by atoms with van der Waals surface area (Å²) < 4.78 is 10.7. The number of amides is 1. The first-order valence-corrected chi connectivity index (χ1v) is 8.34. The second-order valence-corrected chi connectivity index (χ2v) is 5.93. The Morgan fingerprint density at radius 3 is 2.08 bits per heavy atom. The third kappa shape index (κ3) is 5.41. The molecule has 0 unspecified atom stereocenters. The summed E-state index contributed by atoms with van der Waals surface area (Å²) in [5.41, 5.74) is 2.24. The predicted octanol–water partition coefficient (Wildman–Crippen LogP) is 3.19. The molecule has 134 valence electrons. The highest BCUT2D eigenvalue weighted by Crippen LogP contribution is 2.17. The van der Waals surface area contributed by atoms with Gasteiger partial charge in [0.15, 0.2) is 6.61 Å². The summed E-state index contributed by atoms with van der Waals surface area (Å²) in [7, 11) is 5.63. The Balaban J connectivity index is 1.91. The molecule has 5 nitrogen and oxygen atoms in total. The number of carbonyl (C=O) groups is 1.